The van der Waals surface area contributed by atoms with Crippen LogP contribution in [0.5, 0.6) is 5.75 Å². The average molecular weight is 358 g/mol. The third-order valence-corrected chi connectivity index (χ3v) is 5.80. The van der Waals surface area contributed by atoms with Crippen molar-refractivity contribution in [3.63, 3.8) is 0 Å². The lowest BCUT2D eigenvalue weighted by Crippen LogP contribution is -2.09. The summed E-state index contributed by atoms with van der Waals surface area (Å²) in [6, 6.07) is 8.24. The molecule has 1 aliphatic heterocycles. The van der Waals surface area contributed by atoms with E-state index in [1.165, 1.54) is 12.1 Å². The van der Waals surface area contributed by atoms with Crippen LogP contribution in [0.3, 0.4) is 0 Å². The molecule has 0 fully saturated rings. The summed E-state index contributed by atoms with van der Waals surface area (Å²) >= 11 is 0. The third kappa shape index (κ3) is 3.21. The molecule has 0 atom stereocenters. The highest BCUT2D eigenvalue weighted by Gasteiger charge is 2.27. The van der Waals surface area contributed by atoms with Gasteiger partial charge in [-0.3, -0.25) is 4.79 Å². The Labute approximate surface area is 148 Å². The number of benzene rings is 2. The molecule has 2 aromatic carbocycles. The molecule has 132 valence electrons. The number of ketones is 1. The minimum atomic E-state index is -3.28. The number of fused-ring (bicyclic) bond motifs is 1. The van der Waals surface area contributed by atoms with E-state index in [1.54, 1.807) is 12.1 Å². The summed E-state index contributed by atoms with van der Waals surface area (Å²) in [6.45, 7) is 6.76. The predicted molar refractivity (Wildman–Crippen MR) is 97.5 cm³/mol. The number of hydrogen-bond acceptors (Lipinski definition) is 4. The van der Waals surface area contributed by atoms with Crippen LogP contribution in [0, 0.1) is 6.92 Å². The lowest BCUT2D eigenvalue weighted by molar-refractivity contribution is 0.103. The monoisotopic (exact) mass is 358 g/mol. The lowest BCUT2D eigenvalue weighted by Gasteiger charge is -2.17. The maximum Gasteiger partial charge on any atom is 0.197 e. The molecule has 0 spiro atoms. The Morgan fingerprint density at radius 2 is 1.80 bits per heavy atom. The van der Waals surface area contributed by atoms with Gasteiger partial charge in [0.1, 0.15) is 5.75 Å². The first-order valence-electron chi connectivity index (χ1n) is 8.34. The molecule has 1 aliphatic rings. The van der Waals surface area contributed by atoms with E-state index in [4.69, 9.17) is 4.74 Å². The van der Waals surface area contributed by atoms with Crippen LogP contribution in [0.25, 0.3) is 0 Å². The maximum absolute atomic E-state index is 13.1. The number of carbonyl (C=O) groups is 1. The Hall–Kier alpha value is -2.14. The van der Waals surface area contributed by atoms with Gasteiger partial charge in [-0.05, 0) is 53.8 Å². The van der Waals surface area contributed by atoms with Gasteiger partial charge in [-0.15, -0.1) is 0 Å². The van der Waals surface area contributed by atoms with Crippen LogP contribution in [0.1, 0.15) is 52.4 Å². The van der Waals surface area contributed by atoms with Crippen molar-refractivity contribution in [1.29, 1.82) is 0 Å². The van der Waals surface area contributed by atoms with Crippen molar-refractivity contribution in [3.05, 3.63) is 58.1 Å². The first-order chi connectivity index (χ1) is 11.7. The Morgan fingerprint density at radius 1 is 1.16 bits per heavy atom. The van der Waals surface area contributed by atoms with Crippen LogP contribution in [0.15, 0.2) is 35.2 Å². The third-order valence-electron chi connectivity index (χ3n) is 4.67. The van der Waals surface area contributed by atoms with Crippen LogP contribution in [0.2, 0.25) is 0 Å². The van der Waals surface area contributed by atoms with Gasteiger partial charge in [0, 0.05) is 18.2 Å². The Bertz CT molecular complexity index is 939. The van der Waals surface area contributed by atoms with Gasteiger partial charge in [-0.25, -0.2) is 8.42 Å². The molecule has 3 rings (SSSR count). The highest BCUT2D eigenvalue weighted by Crippen LogP contribution is 2.38. The largest absolute Gasteiger partial charge is 0.492 e. The van der Waals surface area contributed by atoms with Crippen molar-refractivity contribution in [2.45, 2.75) is 38.0 Å². The standard InChI is InChI=1S/C20H22O4S/c1-12(2)17-11-15-9-10-24-20(15)18(13(17)3)19(21)14-5-7-16(8-6-14)25(4,22)23/h5-8,11-12H,9-10H2,1-4H3. The Kier molecular flexibility index (Phi) is 4.45. The summed E-state index contributed by atoms with van der Waals surface area (Å²) in [5.74, 6) is 0.863. The van der Waals surface area contributed by atoms with Gasteiger partial charge in [-0.2, -0.15) is 0 Å². The van der Waals surface area contributed by atoms with Crippen molar-refractivity contribution in [1.82, 2.24) is 0 Å². The maximum atomic E-state index is 13.1. The molecule has 0 saturated heterocycles. The van der Waals surface area contributed by atoms with Gasteiger partial charge in [0.25, 0.3) is 0 Å². The molecular formula is C20H22O4S. The quantitative estimate of drug-likeness (QED) is 0.782. The van der Waals surface area contributed by atoms with Crippen molar-refractivity contribution in [2.75, 3.05) is 12.9 Å². The SMILES string of the molecule is Cc1c(C(C)C)cc2c(c1C(=O)c1ccc(S(C)(=O)=O)cc1)OCC2. The van der Waals surface area contributed by atoms with Gasteiger partial charge < -0.3 is 4.74 Å². The molecule has 2 aromatic rings. The summed E-state index contributed by atoms with van der Waals surface area (Å²) in [5, 5.41) is 0. The molecule has 5 heteroatoms. The fourth-order valence-corrected chi connectivity index (χ4v) is 3.95. The van der Waals surface area contributed by atoms with Crippen molar-refractivity contribution in [3.8, 4) is 5.75 Å². The van der Waals surface area contributed by atoms with E-state index in [2.05, 4.69) is 19.9 Å². The summed E-state index contributed by atoms with van der Waals surface area (Å²) in [5.41, 5.74) is 4.23. The van der Waals surface area contributed by atoms with Gasteiger partial charge in [0.15, 0.2) is 15.6 Å². The second-order valence-corrected chi connectivity index (χ2v) is 8.85. The molecule has 0 aromatic heterocycles. The second-order valence-electron chi connectivity index (χ2n) is 6.83. The van der Waals surface area contributed by atoms with Gasteiger partial charge in [-0.1, -0.05) is 19.9 Å². The minimum absolute atomic E-state index is 0.127. The molecule has 4 nitrogen and oxygen atoms in total. The van der Waals surface area contributed by atoms with Crippen LogP contribution < -0.4 is 4.74 Å². The molecule has 0 N–H and O–H groups in total. The average Bonchev–Trinajstić information content (AvgIpc) is 3.00. The van der Waals surface area contributed by atoms with Crippen LogP contribution in [0.4, 0.5) is 0 Å². The zero-order chi connectivity index (χ0) is 18.4. The number of hydrogen-bond donors (Lipinski definition) is 0. The molecule has 1 heterocycles. The first-order valence-corrected chi connectivity index (χ1v) is 10.2. The van der Waals surface area contributed by atoms with E-state index in [0.717, 1.165) is 29.4 Å². The summed E-state index contributed by atoms with van der Waals surface area (Å²) < 4.78 is 29.0. The van der Waals surface area contributed by atoms with Crippen molar-refractivity contribution < 1.29 is 17.9 Å². The van der Waals surface area contributed by atoms with Crippen LogP contribution in [-0.4, -0.2) is 27.1 Å². The minimum Gasteiger partial charge on any atom is -0.492 e. The summed E-state index contributed by atoms with van der Waals surface area (Å²) in [4.78, 5) is 13.3. The van der Waals surface area contributed by atoms with E-state index >= 15 is 0 Å². The van der Waals surface area contributed by atoms with Gasteiger partial charge in [0.05, 0.1) is 17.1 Å². The molecule has 0 aliphatic carbocycles. The molecule has 25 heavy (non-hydrogen) atoms. The summed E-state index contributed by atoms with van der Waals surface area (Å²) in [6.07, 6.45) is 1.96. The van der Waals surface area contributed by atoms with Gasteiger partial charge >= 0.3 is 0 Å². The highest BCUT2D eigenvalue weighted by atomic mass is 32.2. The predicted octanol–water partition coefficient (Wildman–Crippen LogP) is 3.69. The normalized spacial score (nSPS) is 13.6. The molecule has 0 radical (unpaired) electrons. The fraction of sp³-hybridized carbons (Fsp3) is 0.350. The van der Waals surface area contributed by atoms with Crippen molar-refractivity contribution >= 4 is 15.6 Å². The van der Waals surface area contributed by atoms with E-state index in [0.29, 0.717) is 29.4 Å². The van der Waals surface area contributed by atoms with Crippen molar-refractivity contribution in [2.24, 2.45) is 0 Å². The molecule has 0 unspecified atom stereocenters. The topological polar surface area (TPSA) is 60.4 Å². The summed E-state index contributed by atoms with van der Waals surface area (Å²) in [7, 11) is -3.28. The first kappa shape index (κ1) is 17.7. The molecule has 0 saturated carbocycles. The van der Waals surface area contributed by atoms with Crippen LogP contribution in [-0.2, 0) is 16.3 Å². The van der Waals surface area contributed by atoms with Gasteiger partial charge in [0.2, 0.25) is 0 Å². The lowest BCUT2D eigenvalue weighted by atomic mass is 9.87. The molecule has 0 bridgehead atoms. The number of ether oxygens (including phenoxy) is 1. The molecule has 0 amide bonds. The molecular weight excluding hydrogens is 336 g/mol. The Morgan fingerprint density at radius 3 is 2.36 bits per heavy atom. The smallest absolute Gasteiger partial charge is 0.197 e. The van der Waals surface area contributed by atoms with E-state index < -0.39 is 9.84 Å². The van der Waals surface area contributed by atoms with E-state index in [9.17, 15) is 13.2 Å². The zero-order valence-corrected chi connectivity index (χ0v) is 15.7. The second kappa shape index (κ2) is 6.30. The fourth-order valence-electron chi connectivity index (χ4n) is 3.32. The zero-order valence-electron chi connectivity index (χ0n) is 14.9. The van der Waals surface area contributed by atoms with Crippen LogP contribution >= 0.6 is 0 Å². The highest BCUT2D eigenvalue weighted by molar-refractivity contribution is 7.90. The Balaban J connectivity index is 2.11. The number of sulfone groups is 1. The van der Waals surface area contributed by atoms with E-state index in [1.807, 2.05) is 6.92 Å². The van der Waals surface area contributed by atoms with E-state index in [-0.39, 0.29) is 10.7 Å². The number of rotatable bonds is 4. The number of carbonyl (C=O) groups excluding carboxylic acids is 1.